The standard InChI is InChI=1S/C15H14ClFN2O2/c1-21-15(20)11-7-10(3-5-14(11)18)19-8-9-2-4-13(17)12(16)6-9/h2-7,19H,8,18H2,1H3. The van der Waals surface area contributed by atoms with E-state index in [1.54, 1.807) is 30.3 Å². The van der Waals surface area contributed by atoms with Crippen LogP contribution in [0.25, 0.3) is 0 Å². The minimum atomic E-state index is -0.499. The summed E-state index contributed by atoms with van der Waals surface area (Å²) in [6, 6.07) is 9.45. The molecule has 0 spiro atoms. The molecule has 0 aliphatic heterocycles. The van der Waals surface area contributed by atoms with E-state index in [0.717, 1.165) is 5.56 Å². The van der Waals surface area contributed by atoms with Crippen molar-refractivity contribution in [3.05, 3.63) is 58.4 Å². The molecular formula is C15H14ClFN2O2. The van der Waals surface area contributed by atoms with Crippen molar-refractivity contribution in [3.8, 4) is 0 Å². The van der Waals surface area contributed by atoms with Gasteiger partial charge in [0.25, 0.3) is 0 Å². The zero-order valence-electron chi connectivity index (χ0n) is 11.3. The molecule has 0 saturated carbocycles. The van der Waals surface area contributed by atoms with Crippen molar-refractivity contribution in [1.29, 1.82) is 0 Å². The normalized spacial score (nSPS) is 10.2. The Morgan fingerprint density at radius 3 is 2.76 bits per heavy atom. The van der Waals surface area contributed by atoms with Gasteiger partial charge in [-0.1, -0.05) is 17.7 Å². The number of rotatable bonds is 4. The van der Waals surface area contributed by atoms with Crippen LogP contribution in [0.5, 0.6) is 0 Å². The smallest absolute Gasteiger partial charge is 0.340 e. The van der Waals surface area contributed by atoms with Crippen LogP contribution in [0.15, 0.2) is 36.4 Å². The summed E-state index contributed by atoms with van der Waals surface area (Å²) in [4.78, 5) is 11.6. The molecular weight excluding hydrogens is 295 g/mol. The molecule has 0 fully saturated rings. The number of hydrogen-bond acceptors (Lipinski definition) is 4. The Labute approximate surface area is 126 Å². The van der Waals surface area contributed by atoms with Gasteiger partial charge in [0.05, 0.1) is 17.7 Å². The first-order valence-corrected chi connectivity index (χ1v) is 6.54. The lowest BCUT2D eigenvalue weighted by Gasteiger charge is -2.10. The van der Waals surface area contributed by atoms with Crippen molar-refractivity contribution in [2.45, 2.75) is 6.54 Å². The highest BCUT2D eigenvalue weighted by atomic mass is 35.5. The fourth-order valence-electron chi connectivity index (χ4n) is 1.81. The van der Waals surface area contributed by atoms with Gasteiger partial charge in [-0.2, -0.15) is 0 Å². The third-order valence-corrected chi connectivity index (χ3v) is 3.23. The van der Waals surface area contributed by atoms with Crippen molar-refractivity contribution >= 4 is 28.9 Å². The van der Waals surface area contributed by atoms with Crippen LogP contribution in [0.1, 0.15) is 15.9 Å². The minimum Gasteiger partial charge on any atom is -0.465 e. The van der Waals surface area contributed by atoms with Gasteiger partial charge in [-0.3, -0.25) is 0 Å². The number of carbonyl (C=O) groups excluding carboxylic acids is 1. The van der Waals surface area contributed by atoms with Crippen molar-refractivity contribution in [2.75, 3.05) is 18.2 Å². The van der Waals surface area contributed by atoms with Gasteiger partial charge in [-0.15, -0.1) is 0 Å². The number of anilines is 2. The lowest BCUT2D eigenvalue weighted by atomic mass is 10.1. The summed E-state index contributed by atoms with van der Waals surface area (Å²) in [6.07, 6.45) is 0. The fraction of sp³-hybridized carbons (Fsp3) is 0.133. The molecule has 2 rings (SSSR count). The highest BCUT2D eigenvalue weighted by Crippen LogP contribution is 2.20. The summed E-state index contributed by atoms with van der Waals surface area (Å²) in [5.74, 6) is -0.957. The van der Waals surface area contributed by atoms with Crippen LogP contribution in [0.4, 0.5) is 15.8 Å². The van der Waals surface area contributed by atoms with Gasteiger partial charge in [0.2, 0.25) is 0 Å². The highest BCUT2D eigenvalue weighted by Gasteiger charge is 2.10. The van der Waals surface area contributed by atoms with Crippen molar-refractivity contribution in [3.63, 3.8) is 0 Å². The first kappa shape index (κ1) is 15.1. The van der Waals surface area contributed by atoms with E-state index in [9.17, 15) is 9.18 Å². The second-order valence-corrected chi connectivity index (χ2v) is 4.80. The van der Waals surface area contributed by atoms with Crippen LogP contribution in [0.3, 0.4) is 0 Å². The molecule has 0 saturated heterocycles. The Balaban J connectivity index is 2.13. The number of nitrogens with one attached hydrogen (secondary N) is 1. The van der Waals surface area contributed by atoms with Gasteiger partial charge in [0.1, 0.15) is 5.82 Å². The van der Waals surface area contributed by atoms with Crippen LogP contribution < -0.4 is 11.1 Å². The van der Waals surface area contributed by atoms with Crippen LogP contribution in [0, 0.1) is 5.82 Å². The predicted molar refractivity (Wildman–Crippen MR) is 80.9 cm³/mol. The molecule has 3 N–H and O–H groups in total. The first-order chi connectivity index (χ1) is 10.0. The Bertz CT molecular complexity index is 677. The number of methoxy groups -OCH3 is 1. The number of nitrogens with two attached hydrogens (primary N) is 1. The summed E-state index contributed by atoms with van der Waals surface area (Å²) < 4.78 is 17.7. The quantitative estimate of drug-likeness (QED) is 0.670. The summed E-state index contributed by atoms with van der Waals surface area (Å²) >= 11 is 5.72. The Hall–Kier alpha value is -2.27. The van der Waals surface area contributed by atoms with E-state index >= 15 is 0 Å². The fourth-order valence-corrected chi connectivity index (χ4v) is 2.01. The molecule has 0 unspecified atom stereocenters. The molecule has 0 amide bonds. The Morgan fingerprint density at radius 1 is 1.33 bits per heavy atom. The molecule has 2 aromatic carbocycles. The van der Waals surface area contributed by atoms with E-state index in [4.69, 9.17) is 17.3 Å². The number of benzene rings is 2. The summed E-state index contributed by atoms with van der Waals surface area (Å²) in [6.45, 7) is 0.435. The molecule has 0 aliphatic carbocycles. The van der Waals surface area contributed by atoms with E-state index in [0.29, 0.717) is 23.5 Å². The van der Waals surface area contributed by atoms with E-state index in [2.05, 4.69) is 10.1 Å². The number of nitrogen functional groups attached to an aromatic ring is 1. The monoisotopic (exact) mass is 308 g/mol. The molecule has 21 heavy (non-hydrogen) atoms. The minimum absolute atomic E-state index is 0.0712. The molecule has 4 nitrogen and oxygen atoms in total. The average molecular weight is 309 g/mol. The average Bonchev–Trinajstić information content (AvgIpc) is 2.49. The molecule has 6 heteroatoms. The summed E-state index contributed by atoms with van der Waals surface area (Å²) in [5, 5.41) is 3.18. The Kier molecular flexibility index (Phi) is 4.65. The largest absolute Gasteiger partial charge is 0.465 e. The maximum Gasteiger partial charge on any atom is 0.340 e. The number of carbonyl (C=O) groups is 1. The number of hydrogen-bond donors (Lipinski definition) is 2. The van der Waals surface area contributed by atoms with Crippen molar-refractivity contribution in [1.82, 2.24) is 0 Å². The molecule has 0 radical (unpaired) electrons. The molecule has 2 aromatic rings. The van der Waals surface area contributed by atoms with Gasteiger partial charge >= 0.3 is 5.97 Å². The second kappa shape index (κ2) is 6.45. The van der Waals surface area contributed by atoms with E-state index in [-0.39, 0.29) is 5.02 Å². The van der Waals surface area contributed by atoms with Gasteiger partial charge in [-0.25, -0.2) is 9.18 Å². The zero-order valence-corrected chi connectivity index (χ0v) is 12.1. The number of ether oxygens (including phenoxy) is 1. The third-order valence-electron chi connectivity index (χ3n) is 2.94. The molecule has 0 aliphatic rings. The highest BCUT2D eigenvalue weighted by molar-refractivity contribution is 6.30. The number of halogens is 2. The lowest BCUT2D eigenvalue weighted by molar-refractivity contribution is 0.0602. The Morgan fingerprint density at radius 2 is 2.10 bits per heavy atom. The second-order valence-electron chi connectivity index (χ2n) is 4.40. The molecule has 0 bridgehead atoms. The van der Waals surface area contributed by atoms with E-state index < -0.39 is 11.8 Å². The van der Waals surface area contributed by atoms with Crippen molar-refractivity contribution < 1.29 is 13.9 Å². The van der Waals surface area contributed by atoms with E-state index in [1.165, 1.54) is 13.2 Å². The maximum atomic E-state index is 13.1. The van der Waals surface area contributed by atoms with Gasteiger partial charge in [0.15, 0.2) is 0 Å². The first-order valence-electron chi connectivity index (χ1n) is 6.17. The predicted octanol–water partition coefficient (Wildman–Crippen LogP) is 3.46. The molecule has 0 atom stereocenters. The maximum absolute atomic E-state index is 13.1. The van der Waals surface area contributed by atoms with Crippen LogP contribution in [0.2, 0.25) is 5.02 Å². The molecule has 0 aromatic heterocycles. The third kappa shape index (κ3) is 3.64. The van der Waals surface area contributed by atoms with Gasteiger partial charge < -0.3 is 15.8 Å². The van der Waals surface area contributed by atoms with Crippen LogP contribution >= 0.6 is 11.6 Å². The van der Waals surface area contributed by atoms with Crippen LogP contribution in [-0.2, 0) is 11.3 Å². The van der Waals surface area contributed by atoms with Gasteiger partial charge in [0, 0.05) is 17.9 Å². The molecule has 0 heterocycles. The zero-order chi connectivity index (χ0) is 15.4. The van der Waals surface area contributed by atoms with Gasteiger partial charge in [-0.05, 0) is 35.9 Å². The van der Waals surface area contributed by atoms with E-state index in [1.807, 2.05) is 0 Å². The molecule has 110 valence electrons. The lowest BCUT2D eigenvalue weighted by Crippen LogP contribution is -2.07. The van der Waals surface area contributed by atoms with Crippen molar-refractivity contribution in [2.24, 2.45) is 0 Å². The summed E-state index contributed by atoms with van der Waals surface area (Å²) in [5.41, 5.74) is 7.87. The summed E-state index contributed by atoms with van der Waals surface area (Å²) in [7, 11) is 1.29. The number of esters is 1. The van der Waals surface area contributed by atoms with Crippen LogP contribution in [-0.4, -0.2) is 13.1 Å². The SMILES string of the molecule is COC(=O)c1cc(NCc2ccc(F)c(Cl)c2)ccc1N. The topological polar surface area (TPSA) is 64.3 Å².